The second-order valence-electron chi connectivity index (χ2n) is 4.30. The summed E-state index contributed by atoms with van der Waals surface area (Å²) in [5.41, 5.74) is 1.37. The topological polar surface area (TPSA) is 55.8 Å². The van der Waals surface area contributed by atoms with Crippen molar-refractivity contribution in [1.29, 1.82) is 0 Å². The minimum atomic E-state index is -0.757. The number of aliphatic hydroxyl groups excluding tert-OH is 1. The molecule has 0 saturated carbocycles. The molecule has 1 fully saturated rings. The largest absolute Gasteiger partial charge is 0.462 e. The number of ether oxygens (including phenoxy) is 2. The van der Waals surface area contributed by atoms with Gasteiger partial charge in [0.15, 0.2) is 0 Å². The third-order valence-electron chi connectivity index (χ3n) is 2.97. The van der Waals surface area contributed by atoms with Crippen molar-refractivity contribution in [2.24, 2.45) is 5.92 Å². The highest BCUT2D eigenvalue weighted by molar-refractivity contribution is 5.90. The first-order valence-corrected chi connectivity index (χ1v) is 5.84. The quantitative estimate of drug-likeness (QED) is 0.630. The van der Waals surface area contributed by atoms with Crippen LogP contribution in [-0.4, -0.2) is 30.4 Å². The predicted molar refractivity (Wildman–Crippen MR) is 65.7 cm³/mol. The molecule has 1 heterocycles. The van der Waals surface area contributed by atoms with Crippen molar-refractivity contribution in [3.8, 4) is 0 Å². The van der Waals surface area contributed by atoms with Crippen LogP contribution in [0.4, 0.5) is 0 Å². The van der Waals surface area contributed by atoms with Crippen LogP contribution in [0.1, 0.15) is 5.56 Å². The van der Waals surface area contributed by atoms with Gasteiger partial charge in [-0.1, -0.05) is 36.9 Å². The average Bonchev–Trinajstić information content (AvgIpc) is 2.71. The molecular weight excluding hydrogens is 232 g/mol. The molecule has 0 aromatic heterocycles. The van der Waals surface area contributed by atoms with Crippen LogP contribution >= 0.6 is 0 Å². The third kappa shape index (κ3) is 2.97. The lowest BCUT2D eigenvalue weighted by molar-refractivity contribution is -0.135. The highest BCUT2D eigenvalue weighted by Gasteiger charge is 2.34. The lowest BCUT2D eigenvalue weighted by Crippen LogP contribution is -2.27. The van der Waals surface area contributed by atoms with Gasteiger partial charge in [-0.2, -0.15) is 0 Å². The summed E-state index contributed by atoms with van der Waals surface area (Å²) in [5.74, 6) is -0.782. The van der Waals surface area contributed by atoms with Crippen molar-refractivity contribution < 1.29 is 19.4 Å². The van der Waals surface area contributed by atoms with Crippen LogP contribution in [-0.2, 0) is 20.9 Å². The van der Waals surface area contributed by atoms with E-state index in [1.807, 2.05) is 30.3 Å². The first kappa shape index (κ1) is 12.8. The molecule has 0 bridgehead atoms. The Hall–Kier alpha value is -1.65. The van der Waals surface area contributed by atoms with E-state index in [0.29, 0.717) is 12.2 Å². The summed E-state index contributed by atoms with van der Waals surface area (Å²) in [6, 6.07) is 9.70. The van der Waals surface area contributed by atoms with Crippen LogP contribution in [0.15, 0.2) is 42.5 Å². The Morgan fingerprint density at radius 1 is 1.44 bits per heavy atom. The monoisotopic (exact) mass is 248 g/mol. The molecule has 96 valence electrons. The standard InChI is InChI=1S/C14H16O4/c1-10-12(8-18-14(10)16)13(15)9-17-7-11-5-3-2-4-6-11/h2-6,12-13,15H,1,7-9H2. The lowest BCUT2D eigenvalue weighted by Gasteiger charge is -2.16. The zero-order chi connectivity index (χ0) is 13.0. The van der Waals surface area contributed by atoms with Crippen molar-refractivity contribution in [2.75, 3.05) is 13.2 Å². The van der Waals surface area contributed by atoms with Gasteiger partial charge >= 0.3 is 5.97 Å². The fraction of sp³-hybridized carbons (Fsp3) is 0.357. The van der Waals surface area contributed by atoms with Crippen LogP contribution in [0.3, 0.4) is 0 Å². The highest BCUT2D eigenvalue weighted by atomic mass is 16.5. The van der Waals surface area contributed by atoms with E-state index >= 15 is 0 Å². The summed E-state index contributed by atoms with van der Waals surface area (Å²) in [6.07, 6.45) is -0.757. The van der Waals surface area contributed by atoms with Crippen LogP contribution in [0.5, 0.6) is 0 Å². The number of carbonyl (C=O) groups is 1. The van der Waals surface area contributed by atoms with Gasteiger partial charge in [0.2, 0.25) is 0 Å². The number of rotatable bonds is 5. The minimum Gasteiger partial charge on any atom is -0.462 e. The van der Waals surface area contributed by atoms with E-state index in [1.54, 1.807) is 0 Å². The molecule has 18 heavy (non-hydrogen) atoms. The van der Waals surface area contributed by atoms with Gasteiger partial charge in [-0.25, -0.2) is 4.79 Å². The van der Waals surface area contributed by atoms with Gasteiger partial charge in [-0.15, -0.1) is 0 Å². The summed E-state index contributed by atoms with van der Waals surface area (Å²) in [5, 5.41) is 9.90. The normalized spacial score (nSPS) is 20.8. The van der Waals surface area contributed by atoms with Crippen LogP contribution < -0.4 is 0 Å². The highest BCUT2D eigenvalue weighted by Crippen LogP contribution is 2.23. The molecule has 4 nitrogen and oxygen atoms in total. The number of benzene rings is 1. The van der Waals surface area contributed by atoms with E-state index in [9.17, 15) is 9.90 Å². The molecule has 2 unspecified atom stereocenters. The van der Waals surface area contributed by atoms with Gasteiger partial charge in [0.05, 0.1) is 25.2 Å². The van der Waals surface area contributed by atoms with Crippen molar-refractivity contribution >= 4 is 5.97 Å². The number of aliphatic hydroxyl groups is 1. The predicted octanol–water partition coefficient (Wildman–Crippen LogP) is 1.29. The van der Waals surface area contributed by atoms with Gasteiger partial charge in [0, 0.05) is 5.57 Å². The molecule has 1 aliphatic heterocycles. The first-order valence-electron chi connectivity index (χ1n) is 5.84. The zero-order valence-electron chi connectivity index (χ0n) is 10.0. The van der Waals surface area contributed by atoms with Gasteiger partial charge < -0.3 is 14.6 Å². The van der Waals surface area contributed by atoms with Crippen molar-refractivity contribution in [3.05, 3.63) is 48.0 Å². The second-order valence-corrected chi connectivity index (χ2v) is 4.30. The van der Waals surface area contributed by atoms with Crippen molar-refractivity contribution in [1.82, 2.24) is 0 Å². The maximum absolute atomic E-state index is 11.1. The molecule has 1 aliphatic rings. The number of carbonyl (C=O) groups excluding carboxylic acids is 1. The number of esters is 1. The molecule has 0 radical (unpaired) electrons. The molecule has 1 N–H and O–H groups in total. The maximum atomic E-state index is 11.1. The lowest BCUT2D eigenvalue weighted by atomic mass is 9.98. The van der Waals surface area contributed by atoms with Crippen LogP contribution in [0.25, 0.3) is 0 Å². The maximum Gasteiger partial charge on any atom is 0.333 e. The van der Waals surface area contributed by atoms with Gasteiger partial charge in [0.25, 0.3) is 0 Å². The summed E-state index contributed by atoms with van der Waals surface area (Å²) in [7, 11) is 0. The Kier molecular flexibility index (Phi) is 4.12. The fourth-order valence-corrected chi connectivity index (χ4v) is 1.84. The Balaban J connectivity index is 1.77. The molecule has 0 spiro atoms. The molecular formula is C14H16O4. The second kappa shape index (κ2) is 5.80. The zero-order valence-corrected chi connectivity index (χ0v) is 10.0. The number of cyclic esters (lactones) is 1. The summed E-state index contributed by atoms with van der Waals surface area (Å²) in [4.78, 5) is 11.1. The minimum absolute atomic E-state index is 0.162. The molecule has 2 atom stereocenters. The summed E-state index contributed by atoms with van der Waals surface area (Å²) >= 11 is 0. The molecule has 4 heteroatoms. The Morgan fingerprint density at radius 3 is 2.78 bits per heavy atom. The molecule has 2 rings (SSSR count). The first-order chi connectivity index (χ1) is 8.68. The van der Waals surface area contributed by atoms with Crippen LogP contribution in [0.2, 0.25) is 0 Å². The van der Waals surface area contributed by atoms with Gasteiger partial charge in [0.1, 0.15) is 6.61 Å². The third-order valence-corrected chi connectivity index (χ3v) is 2.97. The van der Waals surface area contributed by atoms with E-state index in [-0.39, 0.29) is 19.1 Å². The van der Waals surface area contributed by atoms with Gasteiger partial charge in [-0.05, 0) is 5.56 Å². The van der Waals surface area contributed by atoms with Crippen molar-refractivity contribution in [2.45, 2.75) is 12.7 Å². The number of hydrogen-bond donors (Lipinski definition) is 1. The Bertz CT molecular complexity index is 427. The summed E-state index contributed by atoms with van der Waals surface area (Å²) in [6.45, 7) is 4.40. The van der Waals surface area contributed by atoms with E-state index in [4.69, 9.17) is 9.47 Å². The molecule has 1 aromatic carbocycles. The smallest absolute Gasteiger partial charge is 0.333 e. The van der Waals surface area contributed by atoms with E-state index < -0.39 is 12.1 Å². The molecule has 1 aromatic rings. The fourth-order valence-electron chi connectivity index (χ4n) is 1.84. The van der Waals surface area contributed by atoms with Gasteiger partial charge in [-0.3, -0.25) is 0 Å². The molecule has 1 saturated heterocycles. The molecule has 0 aliphatic carbocycles. The summed E-state index contributed by atoms with van der Waals surface area (Å²) < 4.78 is 10.2. The van der Waals surface area contributed by atoms with E-state index in [2.05, 4.69) is 6.58 Å². The SMILES string of the molecule is C=C1C(=O)OCC1C(O)COCc1ccccc1. The van der Waals surface area contributed by atoms with Crippen molar-refractivity contribution in [3.63, 3.8) is 0 Å². The Labute approximate surface area is 106 Å². The number of hydrogen-bond acceptors (Lipinski definition) is 4. The molecule has 0 amide bonds. The Morgan fingerprint density at radius 2 is 2.17 bits per heavy atom. The van der Waals surface area contributed by atoms with Crippen LogP contribution in [0, 0.1) is 5.92 Å². The van der Waals surface area contributed by atoms with E-state index in [0.717, 1.165) is 5.56 Å². The average molecular weight is 248 g/mol. The van der Waals surface area contributed by atoms with E-state index in [1.165, 1.54) is 0 Å².